The van der Waals surface area contributed by atoms with Gasteiger partial charge in [-0.1, -0.05) is 60.7 Å². The summed E-state index contributed by atoms with van der Waals surface area (Å²) in [5, 5.41) is 5.91. The number of carbonyl (C=O) groups is 1. The Morgan fingerprint density at radius 3 is 2.21 bits per heavy atom. The molecule has 1 amide bonds. The zero-order valence-corrected chi connectivity index (χ0v) is 16.0. The number of pyridine rings is 1. The quantitative estimate of drug-likeness (QED) is 0.525. The van der Waals surface area contributed by atoms with Crippen molar-refractivity contribution in [2.75, 3.05) is 0 Å². The minimum Gasteiger partial charge on any atom is -0.349 e. The molecular weight excluding hydrogens is 366 g/mol. The maximum absolute atomic E-state index is 13.0. The first-order valence-corrected chi connectivity index (χ1v) is 9.91. The molecule has 0 atom stereocenters. The molecular formula is C23H19N3OS. The van der Waals surface area contributed by atoms with Crippen molar-refractivity contribution in [1.82, 2.24) is 15.3 Å². The van der Waals surface area contributed by atoms with Crippen LogP contribution in [0.15, 0.2) is 90.6 Å². The molecule has 138 valence electrons. The Kier molecular flexibility index (Phi) is 5.54. The van der Waals surface area contributed by atoms with Crippen LogP contribution in [0, 0.1) is 0 Å². The summed E-state index contributed by atoms with van der Waals surface area (Å²) in [5.41, 5.74) is 3.80. The molecule has 0 radical (unpaired) electrons. The fraction of sp³-hybridized carbons (Fsp3) is 0.0870. The lowest BCUT2D eigenvalue weighted by molar-refractivity contribution is -0.121. The van der Waals surface area contributed by atoms with Gasteiger partial charge in [0.25, 0.3) is 0 Å². The second-order valence-corrected chi connectivity index (χ2v) is 7.28. The summed E-state index contributed by atoms with van der Waals surface area (Å²) in [6.45, 7) is 0.403. The summed E-state index contributed by atoms with van der Waals surface area (Å²) in [6, 6.07) is 23.6. The van der Waals surface area contributed by atoms with Gasteiger partial charge in [0.05, 0.1) is 18.2 Å². The van der Waals surface area contributed by atoms with Crippen molar-refractivity contribution in [3.05, 3.63) is 107 Å². The molecule has 0 aliphatic heterocycles. The van der Waals surface area contributed by atoms with Gasteiger partial charge in [0, 0.05) is 23.3 Å². The summed E-state index contributed by atoms with van der Waals surface area (Å²) < 4.78 is 0. The van der Waals surface area contributed by atoms with Crippen LogP contribution in [0.2, 0.25) is 0 Å². The number of carbonyl (C=O) groups excluding carboxylic acids is 1. The van der Waals surface area contributed by atoms with Crippen LogP contribution in [0.25, 0.3) is 11.3 Å². The van der Waals surface area contributed by atoms with Crippen LogP contribution in [-0.2, 0) is 11.3 Å². The molecule has 4 rings (SSSR count). The first-order chi connectivity index (χ1) is 13.8. The van der Waals surface area contributed by atoms with E-state index in [9.17, 15) is 4.79 Å². The van der Waals surface area contributed by atoms with Crippen LogP contribution in [-0.4, -0.2) is 15.9 Å². The van der Waals surface area contributed by atoms with Crippen LogP contribution in [0.3, 0.4) is 0 Å². The van der Waals surface area contributed by atoms with Gasteiger partial charge >= 0.3 is 0 Å². The average molecular weight is 385 g/mol. The third-order valence-corrected chi connectivity index (χ3v) is 5.30. The number of nitrogens with zero attached hydrogens (tertiary/aromatic N) is 2. The van der Waals surface area contributed by atoms with Gasteiger partial charge in [-0.05, 0) is 23.3 Å². The Hall–Kier alpha value is -3.31. The molecule has 0 fully saturated rings. The lowest BCUT2D eigenvalue weighted by Crippen LogP contribution is -2.29. The molecule has 2 aromatic heterocycles. The van der Waals surface area contributed by atoms with Gasteiger partial charge in [-0.25, -0.2) is 4.98 Å². The van der Waals surface area contributed by atoms with Crippen molar-refractivity contribution in [1.29, 1.82) is 0 Å². The fourth-order valence-corrected chi connectivity index (χ4v) is 3.83. The molecule has 0 saturated carbocycles. The van der Waals surface area contributed by atoms with Crippen molar-refractivity contribution in [3.63, 3.8) is 0 Å². The van der Waals surface area contributed by atoms with E-state index >= 15 is 0 Å². The molecule has 1 N–H and O–H groups in total. The van der Waals surface area contributed by atoms with Crippen LogP contribution in [0.1, 0.15) is 22.1 Å². The van der Waals surface area contributed by atoms with Gasteiger partial charge in [-0.2, -0.15) is 0 Å². The van der Waals surface area contributed by atoms with Gasteiger partial charge in [0.15, 0.2) is 0 Å². The van der Waals surface area contributed by atoms with Crippen molar-refractivity contribution in [2.45, 2.75) is 12.5 Å². The summed E-state index contributed by atoms with van der Waals surface area (Å²) in [6.07, 6.45) is 3.53. The zero-order valence-electron chi connectivity index (χ0n) is 15.2. The van der Waals surface area contributed by atoms with E-state index in [1.165, 1.54) is 11.3 Å². The van der Waals surface area contributed by atoms with E-state index in [1.54, 1.807) is 12.4 Å². The Bertz CT molecular complexity index is 994. The molecule has 5 heteroatoms. The molecule has 2 heterocycles. The summed E-state index contributed by atoms with van der Waals surface area (Å²) in [5.74, 6) is -0.379. The second-order valence-electron chi connectivity index (χ2n) is 6.34. The highest BCUT2D eigenvalue weighted by Gasteiger charge is 2.22. The Morgan fingerprint density at radius 2 is 1.61 bits per heavy atom. The minimum atomic E-state index is -0.347. The highest BCUT2D eigenvalue weighted by molar-refractivity contribution is 7.09. The van der Waals surface area contributed by atoms with Gasteiger partial charge in [0.1, 0.15) is 5.01 Å². The standard InChI is InChI=1S/C23H19N3OS/c27-23(22(17-8-3-1-4-9-17)18-10-5-2-6-11-18)25-15-21-26-20(16-28-21)19-12-7-13-24-14-19/h1-14,16,22H,15H2,(H,25,27). The number of aromatic nitrogens is 2. The van der Waals surface area contributed by atoms with E-state index in [2.05, 4.69) is 15.3 Å². The molecule has 4 nitrogen and oxygen atoms in total. The normalized spacial score (nSPS) is 10.8. The largest absolute Gasteiger partial charge is 0.349 e. The van der Waals surface area contributed by atoms with Crippen molar-refractivity contribution in [3.8, 4) is 11.3 Å². The predicted molar refractivity (Wildman–Crippen MR) is 112 cm³/mol. The first-order valence-electron chi connectivity index (χ1n) is 9.03. The van der Waals surface area contributed by atoms with Gasteiger partial charge in [-0.3, -0.25) is 9.78 Å². The predicted octanol–water partition coefficient (Wildman–Crippen LogP) is 4.65. The highest BCUT2D eigenvalue weighted by atomic mass is 32.1. The second kappa shape index (κ2) is 8.59. The monoisotopic (exact) mass is 385 g/mol. The number of hydrogen-bond donors (Lipinski definition) is 1. The van der Waals surface area contributed by atoms with Crippen LogP contribution in [0.5, 0.6) is 0 Å². The number of hydrogen-bond acceptors (Lipinski definition) is 4. The highest BCUT2D eigenvalue weighted by Crippen LogP contribution is 2.25. The SMILES string of the molecule is O=C(NCc1nc(-c2cccnc2)cs1)C(c1ccccc1)c1ccccc1. The number of benzene rings is 2. The maximum atomic E-state index is 13.0. The van der Waals surface area contributed by atoms with E-state index in [1.807, 2.05) is 78.2 Å². The maximum Gasteiger partial charge on any atom is 0.232 e. The molecule has 0 unspecified atom stereocenters. The van der Waals surface area contributed by atoms with E-state index in [0.717, 1.165) is 27.4 Å². The molecule has 0 bridgehead atoms. The smallest absolute Gasteiger partial charge is 0.232 e. The third kappa shape index (κ3) is 4.15. The molecule has 0 aliphatic carbocycles. The lowest BCUT2D eigenvalue weighted by atomic mass is 9.90. The minimum absolute atomic E-state index is 0.0319. The topological polar surface area (TPSA) is 54.9 Å². The number of nitrogens with one attached hydrogen (secondary N) is 1. The van der Waals surface area contributed by atoms with E-state index in [0.29, 0.717) is 6.54 Å². The van der Waals surface area contributed by atoms with E-state index in [4.69, 9.17) is 0 Å². The lowest BCUT2D eigenvalue weighted by Gasteiger charge is -2.17. The van der Waals surface area contributed by atoms with Crippen LogP contribution in [0.4, 0.5) is 0 Å². The average Bonchev–Trinajstić information content (AvgIpc) is 3.24. The Balaban J connectivity index is 1.50. The number of rotatable bonds is 6. The van der Waals surface area contributed by atoms with Crippen molar-refractivity contribution >= 4 is 17.2 Å². The molecule has 0 aliphatic rings. The number of amides is 1. The zero-order chi connectivity index (χ0) is 19.2. The van der Waals surface area contributed by atoms with Gasteiger partial charge in [0.2, 0.25) is 5.91 Å². The molecule has 28 heavy (non-hydrogen) atoms. The molecule has 0 saturated heterocycles. The van der Waals surface area contributed by atoms with E-state index in [-0.39, 0.29) is 11.8 Å². The summed E-state index contributed by atoms with van der Waals surface area (Å²) >= 11 is 1.54. The summed E-state index contributed by atoms with van der Waals surface area (Å²) in [4.78, 5) is 21.8. The van der Waals surface area contributed by atoms with Crippen LogP contribution >= 0.6 is 11.3 Å². The van der Waals surface area contributed by atoms with E-state index < -0.39 is 0 Å². The fourth-order valence-electron chi connectivity index (χ4n) is 3.09. The van der Waals surface area contributed by atoms with Crippen molar-refractivity contribution in [2.24, 2.45) is 0 Å². The molecule has 0 spiro atoms. The summed E-state index contributed by atoms with van der Waals surface area (Å²) in [7, 11) is 0. The van der Waals surface area contributed by atoms with Crippen molar-refractivity contribution < 1.29 is 4.79 Å². The molecule has 2 aromatic carbocycles. The number of thiazole rings is 1. The van der Waals surface area contributed by atoms with Crippen LogP contribution < -0.4 is 5.32 Å². The molecule has 4 aromatic rings. The third-order valence-electron chi connectivity index (χ3n) is 4.45. The first kappa shape index (κ1) is 18.1. The van der Waals surface area contributed by atoms with Gasteiger partial charge in [-0.15, -0.1) is 11.3 Å². The Labute approximate surface area is 167 Å². The van der Waals surface area contributed by atoms with Gasteiger partial charge < -0.3 is 5.32 Å². The Morgan fingerprint density at radius 1 is 0.929 bits per heavy atom.